The van der Waals surface area contributed by atoms with E-state index in [4.69, 9.17) is 10.2 Å². The minimum atomic E-state index is 0.325. The van der Waals surface area contributed by atoms with Gasteiger partial charge in [0.15, 0.2) is 0 Å². The van der Waals surface area contributed by atoms with Crippen LogP contribution >= 0.6 is 0 Å². The number of fused-ring (bicyclic) bond motifs is 1. The van der Waals surface area contributed by atoms with E-state index in [0.717, 1.165) is 29.6 Å². The highest BCUT2D eigenvalue weighted by Crippen LogP contribution is 2.30. The van der Waals surface area contributed by atoms with Gasteiger partial charge in [0.05, 0.1) is 11.6 Å². The van der Waals surface area contributed by atoms with Gasteiger partial charge in [-0.2, -0.15) is 5.26 Å². The molecule has 0 aliphatic carbocycles. The quantitative estimate of drug-likeness (QED) is 0.905. The van der Waals surface area contributed by atoms with Crippen molar-refractivity contribution in [1.29, 1.82) is 5.26 Å². The lowest BCUT2D eigenvalue weighted by atomic mass is 10.2. The number of imidazole rings is 1. The van der Waals surface area contributed by atoms with Gasteiger partial charge in [-0.25, -0.2) is 4.98 Å². The maximum atomic E-state index is 8.90. The van der Waals surface area contributed by atoms with Gasteiger partial charge in [-0.05, 0) is 30.3 Å². The van der Waals surface area contributed by atoms with Crippen LogP contribution in [-0.4, -0.2) is 16.1 Å². The van der Waals surface area contributed by atoms with E-state index in [1.54, 1.807) is 0 Å². The first kappa shape index (κ1) is 12.5. The molecule has 0 atom stereocenters. The lowest BCUT2D eigenvalue weighted by Crippen LogP contribution is -2.10. The Morgan fingerprint density at radius 3 is 2.70 bits per heavy atom. The van der Waals surface area contributed by atoms with Crippen LogP contribution in [0.5, 0.6) is 0 Å². The molecule has 4 nitrogen and oxygen atoms in total. The molecule has 0 spiro atoms. The molecule has 1 aromatic heterocycles. The Bertz CT molecular complexity index is 699. The predicted octanol–water partition coefficient (Wildman–Crippen LogP) is 3.31. The van der Waals surface area contributed by atoms with Gasteiger partial charge in [0.2, 0.25) is 0 Å². The Balaban J connectivity index is 2.18. The third kappa shape index (κ3) is 1.97. The van der Waals surface area contributed by atoms with Crippen molar-refractivity contribution >= 4 is 11.9 Å². The highest BCUT2D eigenvalue weighted by molar-refractivity contribution is 5.67. The van der Waals surface area contributed by atoms with E-state index in [0.29, 0.717) is 11.5 Å². The summed E-state index contributed by atoms with van der Waals surface area (Å²) in [5, 5.41) is 12.3. The molecular formula is C16H16N4. The summed E-state index contributed by atoms with van der Waals surface area (Å²) in [4.78, 5) is 4.72. The summed E-state index contributed by atoms with van der Waals surface area (Å²) in [6, 6.07) is 9.75. The topological polar surface area (TPSA) is 53.6 Å². The fraction of sp³-hybridized carbons (Fsp3) is 0.250. The number of hydrogen-bond donors (Lipinski definition) is 1. The normalized spacial score (nSPS) is 12.9. The summed E-state index contributed by atoms with van der Waals surface area (Å²) in [6.45, 7) is 5.09. The molecule has 0 saturated heterocycles. The molecule has 1 aliphatic rings. The number of benzene rings is 1. The summed E-state index contributed by atoms with van der Waals surface area (Å²) < 4.78 is 2.14. The molecule has 3 rings (SSSR count). The lowest BCUT2D eigenvalue weighted by Gasteiger charge is -2.16. The van der Waals surface area contributed by atoms with E-state index in [2.05, 4.69) is 42.0 Å². The van der Waals surface area contributed by atoms with Gasteiger partial charge >= 0.3 is 0 Å². The van der Waals surface area contributed by atoms with E-state index in [9.17, 15) is 0 Å². The maximum absolute atomic E-state index is 8.90. The van der Waals surface area contributed by atoms with Crippen molar-refractivity contribution < 1.29 is 0 Å². The number of aromatic nitrogens is 2. The molecule has 2 heterocycles. The Hall–Kier alpha value is -2.54. The van der Waals surface area contributed by atoms with Crippen molar-refractivity contribution in [3.8, 4) is 11.8 Å². The fourth-order valence-electron chi connectivity index (χ4n) is 2.40. The molecule has 1 aromatic carbocycles. The first-order valence-corrected chi connectivity index (χ1v) is 6.74. The van der Waals surface area contributed by atoms with Crippen LogP contribution < -0.4 is 5.32 Å². The third-order valence-electron chi connectivity index (χ3n) is 3.36. The van der Waals surface area contributed by atoms with E-state index >= 15 is 0 Å². The Kier molecular flexibility index (Phi) is 3.03. The van der Waals surface area contributed by atoms with Crippen LogP contribution in [0.4, 0.5) is 5.82 Å². The summed E-state index contributed by atoms with van der Waals surface area (Å²) in [5.74, 6) is 2.38. The van der Waals surface area contributed by atoms with Crippen LogP contribution in [0, 0.1) is 11.3 Å². The van der Waals surface area contributed by atoms with Crippen LogP contribution in [0.3, 0.4) is 0 Å². The minimum Gasteiger partial charge on any atom is -0.366 e. The molecule has 0 radical (unpaired) electrons. The van der Waals surface area contributed by atoms with Gasteiger partial charge in [-0.3, -0.25) is 4.57 Å². The number of hydrogen-bond acceptors (Lipinski definition) is 3. The summed E-state index contributed by atoms with van der Waals surface area (Å²) in [5.41, 5.74) is 2.68. The monoisotopic (exact) mass is 264 g/mol. The average Bonchev–Trinajstić information content (AvgIpc) is 2.87. The standard InChI is InChI=1S/C16H16N4/c1-11(2)15-19-14-4-3-9-18-16(14)20(15)13-7-5-12(10-17)6-8-13/h3-8,11,18H,9H2,1-2H3. The largest absolute Gasteiger partial charge is 0.366 e. The molecule has 0 bridgehead atoms. The molecule has 1 aliphatic heterocycles. The molecule has 0 unspecified atom stereocenters. The summed E-state index contributed by atoms with van der Waals surface area (Å²) in [6.07, 6.45) is 4.13. The molecular weight excluding hydrogens is 248 g/mol. The molecule has 4 heteroatoms. The van der Waals surface area contributed by atoms with Crippen LogP contribution in [0.2, 0.25) is 0 Å². The number of nitriles is 1. The second kappa shape index (κ2) is 4.86. The fourth-order valence-corrected chi connectivity index (χ4v) is 2.40. The maximum Gasteiger partial charge on any atom is 0.138 e. The highest BCUT2D eigenvalue weighted by Gasteiger charge is 2.20. The molecule has 20 heavy (non-hydrogen) atoms. The molecule has 0 amide bonds. The van der Waals surface area contributed by atoms with Gasteiger partial charge in [0.1, 0.15) is 17.3 Å². The van der Waals surface area contributed by atoms with Gasteiger partial charge in [-0.15, -0.1) is 0 Å². The number of nitrogens with one attached hydrogen (secondary N) is 1. The molecule has 1 N–H and O–H groups in total. The zero-order valence-corrected chi connectivity index (χ0v) is 11.6. The van der Waals surface area contributed by atoms with E-state index in [-0.39, 0.29) is 0 Å². The lowest BCUT2D eigenvalue weighted by molar-refractivity contribution is 0.753. The minimum absolute atomic E-state index is 0.325. The number of rotatable bonds is 2. The van der Waals surface area contributed by atoms with E-state index in [1.165, 1.54) is 0 Å². The Morgan fingerprint density at radius 1 is 1.30 bits per heavy atom. The average molecular weight is 264 g/mol. The number of nitrogens with zero attached hydrogens (tertiary/aromatic N) is 3. The van der Waals surface area contributed by atoms with Gasteiger partial charge in [0, 0.05) is 18.2 Å². The van der Waals surface area contributed by atoms with Crippen molar-refractivity contribution in [1.82, 2.24) is 9.55 Å². The molecule has 0 fully saturated rings. The third-order valence-corrected chi connectivity index (χ3v) is 3.36. The highest BCUT2D eigenvalue weighted by atomic mass is 15.2. The van der Waals surface area contributed by atoms with Crippen molar-refractivity contribution in [2.45, 2.75) is 19.8 Å². The Labute approximate surface area is 118 Å². The second-order valence-electron chi connectivity index (χ2n) is 5.14. The van der Waals surface area contributed by atoms with Crippen molar-refractivity contribution in [3.05, 3.63) is 47.4 Å². The van der Waals surface area contributed by atoms with Crippen LogP contribution in [0.15, 0.2) is 30.3 Å². The van der Waals surface area contributed by atoms with Crippen molar-refractivity contribution in [2.24, 2.45) is 0 Å². The van der Waals surface area contributed by atoms with E-state index < -0.39 is 0 Å². The summed E-state index contributed by atoms with van der Waals surface area (Å²) in [7, 11) is 0. The predicted molar refractivity (Wildman–Crippen MR) is 79.9 cm³/mol. The molecule has 2 aromatic rings. The Morgan fingerprint density at radius 2 is 2.05 bits per heavy atom. The van der Waals surface area contributed by atoms with Crippen LogP contribution in [0.1, 0.15) is 36.8 Å². The zero-order valence-electron chi connectivity index (χ0n) is 11.6. The van der Waals surface area contributed by atoms with Gasteiger partial charge < -0.3 is 5.32 Å². The SMILES string of the molecule is CC(C)c1nc2c(n1-c1ccc(C#N)cc1)NCC=C2. The zero-order chi connectivity index (χ0) is 14.1. The first-order chi connectivity index (χ1) is 9.70. The smallest absolute Gasteiger partial charge is 0.138 e. The van der Waals surface area contributed by atoms with Gasteiger partial charge in [0.25, 0.3) is 0 Å². The van der Waals surface area contributed by atoms with Crippen molar-refractivity contribution in [2.75, 3.05) is 11.9 Å². The molecule has 100 valence electrons. The van der Waals surface area contributed by atoms with Crippen LogP contribution in [-0.2, 0) is 0 Å². The molecule has 0 saturated carbocycles. The summed E-state index contributed by atoms with van der Waals surface area (Å²) >= 11 is 0. The van der Waals surface area contributed by atoms with E-state index in [1.807, 2.05) is 24.3 Å². The van der Waals surface area contributed by atoms with Gasteiger partial charge in [-0.1, -0.05) is 19.9 Å². The van der Waals surface area contributed by atoms with Crippen LogP contribution in [0.25, 0.3) is 11.8 Å². The second-order valence-corrected chi connectivity index (χ2v) is 5.14. The first-order valence-electron chi connectivity index (χ1n) is 6.74. The number of anilines is 1. The van der Waals surface area contributed by atoms with Crippen molar-refractivity contribution in [3.63, 3.8) is 0 Å².